The molecule has 0 bridgehead atoms. The van der Waals surface area contributed by atoms with Gasteiger partial charge in [0.15, 0.2) is 0 Å². The molecule has 17 heavy (non-hydrogen) atoms. The van der Waals surface area contributed by atoms with Crippen LogP contribution in [0.5, 0.6) is 0 Å². The highest BCUT2D eigenvalue weighted by Crippen LogP contribution is 2.40. The molecule has 3 unspecified atom stereocenters. The van der Waals surface area contributed by atoms with Crippen LogP contribution in [0, 0.1) is 17.3 Å². The fourth-order valence-corrected chi connectivity index (χ4v) is 3.60. The van der Waals surface area contributed by atoms with E-state index in [2.05, 4.69) is 26.1 Å². The molecule has 0 radical (unpaired) electrons. The molecule has 0 aliphatic heterocycles. The van der Waals surface area contributed by atoms with Crippen LogP contribution in [0.3, 0.4) is 0 Å². The minimum absolute atomic E-state index is 0.476. The Labute approximate surface area is 108 Å². The summed E-state index contributed by atoms with van der Waals surface area (Å²) in [5, 5.41) is 3.85. The van der Waals surface area contributed by atoms with Gasteiger partial charge in [-0.15, -0.1) is 0 Å². The summed E-state index contributed by atoms with van der Waals surface area (Å²) in [6.07, 6.45) is 11.7. The zero-order valence-electron chi connectivity index (χ0n) is 12.1. The third-order valence-corrected chi connectivity index (χ3v) is 5.37. The summed E-state index contributed by atoms with van der Waals surface area (Å²) in [5.74, 6) is 2.14. The molecule has 2 saturated carbocycles. The maximum absolute atomic E-state index is 3.85. The molecule has 0 spiro atoms. The summed E-state index contributed by atoms with van der Waals surface area (Å²) < 4.78 is 0. The Morgan fingerprint density at radius 1 is 1.00 bits per heavy atom. The van der Waals surface area contributed by atoms with Gasteiger partial charge in [-0.3, -0.25) is 0 Å². The van der Waals surface area contributed by atoms with Crippen LogP contribution in [0.2, 0.25) is 0 Å². The molecule has 1 nitrogen and oxygen atoms in total. The van der Waals surface area contributed by atoms with Crippen LogP contribution in [0.4, 0.5) is 0 Å². The number of rotatable bonds is 4. The SMILES string of the molecule is CCC(C)(C)CNC1CCC2CCCCC2C1. The topological polar surface area (TPSA) is 12.0 Å². The van der Waals surface area contributed by atoms with Crippen LogP contribution in [-0.2, 0) is 0 Å². The van der Waals surface area contributed by atoms with Crippen molar-refractivity contribution in [2.45, 2.75) is 78.2 Å². The van der Waals surface area contributed by atoms with Gasteiger partial charge in [-0.1, -0.05) is 46.5 Å². The monoisotopic (exact) mass is 237 g/mol. The summed E-state index contributed by atoms with van der Waals surface area (Å²) in [7, 11) is 0. The molecule has 0 aromatic rings. The minimum Gasteiger partial charge on any atom is -0.313 e. The number of hydrogen-bond donors (Lipinski definition) is 1. The maximum Gasteiger partial charge on any atom is 0.00701 e. The van der Waals surface area contributed by atoms with Crippen LogP contribution in [0.1, 0.15) is 72.1 Å². The van der Waals surface area contributed by atoms with Gasteiger partial charge in [-0.05, 0) is 42.9 Å². The maximum atomic E-state index is 3.85. The molecule has 1 N–H and O–H groups in total. The third-order valence-electron chi connectivity index (χ3n) is 5.37. The highest BCUT2D eigenvalue weighted by molar-refractivity contribution is 4.87. The lowest BCUT2D eigenvalue weighted by Crippen LogP contribution is -2.42. The molecule has 2 rings (SSSR count). The van der Waals surface area contributed by atoms with Crippen molar-refractivity contribution in [1.29, 1.82) is 0 Å². The molecule has 0 saturated heterocycles. The lowest BCUT2D eigenvalue weighted by molar-refractivity contribution is 0.137. The highest BCUT2D eigenvalue weighted by atomic mass is 14.9. The smallest absolute Gasteiger partial charge is 0.00701 e. The van der Waals surface area contributed by atoms with E-state index in [1.54, 1.807) is 0 Å². The van der Waals surface area contributed by atoms with E-state index in [9.17, 15) is 0 Å². The molecule has 2 fully saturated rings. The summed E-state index contributed by atoms with van der Waals surface area (Å²) >= 11 is 0. The lowest BCUT2D eigenvalue weighted by Gasteiger charge is -2.40. The van der Waals surface area contributed by atoms with E-state index >= 15 is 0 Å². The zero-order valence-corrected chi connectivity index (χ0v) is 12.1. The second kappa shape index (κ2) is 5.73. The van der Waals surface area contributed by atoms with Crippen molar-refractivity contribution in [3.8, 4) is 0 Å². The van der Waals surface area contributed by atoms with E-state index in [1.807, 2.05) is 0 Å². The standard InChI is InChI=1S/C16H31N/c1-4-16(2,3)12-17-15-10-9-13-7-5-6-8-14(13)11-15/h13-15,17H,4-12H2,1-3H3. The number of fused-ring (bicyclic) bond motifs is 1. The van der Waals surface area contributed by atoms with Gasteiger partial charge in [0, 0.05) is 12.6 Å². The van der Waals surface area contributed by atoms with Crippen molar-refractivity contribution in [2.24, 2.45) is 17.3 Å². The van der Waals surface area contributed by atoms with Crippen molar-refractivity contribution in [2.75, 3.05) is 6.54 Å². The van der Waals surface area contributed by atoms with E-state index in [0.29, 0.717) is 5.41 Å². The summed E-state index contributed by atoms with van der Waals surface area (Å²) in [5.41, 5.74) is 0.476. The van der Waals surface area contributed by atoms with Crippen LogP contribution in [0.25, 0.3) is 0 Å². The normalized spacial score (nSPS) is 34.4. The van der Waals surface area contributed by atoms with Crippen LogP contribution in [-0.4, -0.2) is 12.6 Å². The molecular formula is C16H31N. The summed E-state index contributed by atoms with van der Waals surface area (Å²) in [6, 6.07) is 0.820. The number of nitrogens with one attached hydrogen (secondary N) is 1. The first-order valence-electron chi connectivity index (χ1n) is 7.84. The quantitative estimate of drug-likeness (QED) is 0.765. The molecule has 2 aliphatic rings. The van der Waals surface area contributed by atoms with Gasteiger partial charge in [-0.2, -0.15) is 0 Å². The Bertz CT molecular complexity index is 234. The van der Waals surface area contributed by atoms with Gasteiger partial charge < -0.3 is 5.32 Å². The Morgan fingerprint density at radius 3 is 2.41 bits per heavy atom. The van der Waals surface area contributed by atoms with Gasteiger partial charge in [0.1, 0.15) is 0 Å². The highest BCUT2D eigenvalue weighted by Gasteiger charge is 2.32. The van der Waals surface area contributed by atoms with E-state index < -0.39 is 0 Å². The number of hydrogen-bond acceptors (Lipinski definition) is 1. The van der Waals surface area contributed by atoms with Crippen molar-refractivity contribution >= 4 is 0 Å². The Morgan fingerprint density at radius 2 is 1.71 bits per heavy atom. The fraction of sp³-hybridized carbons (Fsp3) is 1.00. The van der Waals surface area contributed by atoms with E-state index in [-0.39, 0.29) is 0 Å². The van der Waals surface area contributed by atoms with Gasteiger partial charge in [0.25, 0.3) is 0 Å². The fourth-order valence-electron chi connectivity index (χ4n) is 3.60. The van der Waals surface area contributed by atoms with Crippen LogP contribution < -0.4 is 5.32 Å². The van der Waals surface area contributed by atoms with Gasteiger partial charge in [0.05, 0.1) is 0 Å². The molecular weight excluding hydrogens is 206 g/mol. The summed E-state index contributed by atoms with van der Waals surface area (Å²) in [6.45, 7) is 8.27. The second-order valence-electron chi connectivity index (χ2n) is 7.21. The zero-order chi connectivity index (χ0) is 12.3. The first kappa shape index (κ1) is 13.4. The van der Waals surface area contributed by atoms with Crippen LogP contribution >= 0.6 is 0 Å². The average molecular weight is 237 g/mol. The van der Waals surface area contributed by atoms with Crippen molar-refractivity contribution in [3.05, 3.63) is 0 Å². The Kier molecular flexibility index (Phi) is 4.52. The van der Waals surface area contributed by atoms with Gasteiger partial charge >= 0.3 is 0 Å². The van der Waals surface area contributed by atoms with Gasteiger partial charge in [0.2, 0.25) is 0 Å². The van der Waals surface area contributed by atoms with Crippen LogP contribution in [0.15, 0.2) is 0 Å². The molecule has 0 aromatic heterocycles. The molecule has 1 heteroatoms. The van der Waals surface area contributed by atoms with Crippen molar-refractivity contribution in [1.82, 2.24) is 5.32 Å². The second-order valence-corrected chi connectivity index (χ2v) is 7.21. The van der Waals surface area contributed by atoms with E-state index in [0.717, 1.165) is 17.9 Å². The van der Waals surface area contributed by atoms with Crippen molar-refractivity contribution < 1.29 is 0 Å². The largest absolute Gasteiger partial charge is 0.313 e. The Hall–Kier alpha value is -0.0400. The molecule has 0 amide bonds. The molecule has 100 valence electrons. The Balaban J connectivity index is 1.76. The molecule has 3 atom stereocenters. The first-order chi connectivity index (χ1) is 8.11. The predicted molar refractivity (Wildman–Crippen MR) is 75.2 cm³/mol. The predicted octanol–water partition coefficient (Wildman–Crippen LogP) is 4.37. The molecule has 0 aromatic carbocycles. The molecule has 2 aliphatic carbocycles. The molecule has 0 heterocycles. The third kappa shape index (κ3) is 3.71. The van der Waals surface area contributed by atoms with Crippen molar-refractivity contribution in [3.63, 3.8) is 0 Å². The van der Waals surface area contributed by atoms with E-state index in [1.165, 1.54) is 57.9 Å². The minimum atomic E-state index is 0.476. The average Bonchev–Trinajstić information content (AvgIpc) is 2.36. The first-order valence-corrected chi connectivity index (χ1v) is 7.84. The summed E-state index contributed by atoms with van der Waals surface area (Å²) in [4.78, 5) is 0. The van der Waals surface area contributed by atoms with E-state index in [4.69, 9.17) is 0 Å². The van der Waals surface area contributed by atoms with Gasteiger partial charge in [-0.25, -0.2) is 0 Å². The lowest BCUT2D eigenvalue weighted by atomic mass is 9.69.